The maximum atomic E-state index is 12.8. The highest BCUT2D eigenvalue weighted by atomic mass is 32.2. The van der Waals surface area contributed by atoms with Gasteiger partial charge in [-0.3, -0.25) is 0 Å². The molecule has 2 aromatic rings. The highest BCUT2D eigenvalue weighted by Crippen LogP contribution is 2.28. The van der Waals surface area contributed by atoms with E-state index in [1.165, 1.54) is 29.8 Å². The van der Waals surface area contributed by atoms with Crippen LogP contribution in [-0.4, -0.2) is 16.8 Å². The van der Waals surface area contributed by atoms with Crippen molar-refractivity contribution >= 4 is 20.0 Å². The van der Waals surface area contributed by atoms with Crippen LogP contribution in [0.2, 0.25) is 0 Å². The lowest BCUT2D eigenvalue weighted by atomic mass is 9.85. The number of primary sulfonamides is 1. The van der Waals surface area contributed by atoms with Crippen LogP contribution in [-0.2, 0) is 25.5 Å². The van der Waals surface area contributed by atoms with E-state index in [1.807, 2.05) is 38.1 Å². The van der Waals surface area contributed by atoms with Gasteiger partial charge < -0.3 is 0 Å². The van der Waals surface area contributed by atoms with Gasteiger partial charge in [-0.2, -0.15) is 0 Å². The van der Waals surface area contributed by atoms with Crippen molar-refractivity contribution in [1.29, 1.82) is 0 Å². The second-order valence-electron chi connectivity index (χ2n) is 8.23. The minimum atomic E-state index is -3.88. The van der Waals surface area contributed by atoms with E-state index in [1.54, 1.807) is 0 Å². The van der Waals surface area contributed by atoms with Crippen LogP contribution in [0.1, 0.15) is 51.8 Å². The Kier molecular flexibility index (Phi) is 6.40. The Labute approximate surface area is 168 Å². The fraction of sp³-hybridized carbons (Fsp3) is 0.400. The Hall–Kier alpha value is -1.74. The van der Waals surface area contributed by atoms with Crippen molar-refractivity contribution in [3.8, 4) is 0 Å². The van der Waals surface area contributed by atoms with Gasteiger partial charge in [0.05, 0.1) is 9.79 Å². The van der Waals surface area contributed by atoms with Gasteiger partial charge in [0.15, 0.2) is 0 Å². The molecule has 0 aliphatic rings. The average molecular weight is 425 g/mol. The minimum Gasteiger partial charge on any atom is -0.225 e. The van der Waals surface area contributed by atoms with Crippen molar-refractivity contribution in [3.05, 3.63) is 59.7 Å². The molecule has 0 amide bonds. The SMILES string of the molecule is CC(C)C(NS(=O)(=O)c1ccc(S(N)(=O)=O)cc1)c1ccc(C(C)(C)C)cc1. The van der Waals surface area contributed by atoms with Crippen molar-refractivity contribution in [1.82, 2.24) is 4.72 Å². The van der Waals surface area contributed by atoms with Gasteiger partial charge in [-0.1, -0.05) is 58.9 Å². The molecule has 0 spiro atoms. The molecule has 154 valence electrons. The zero-order valence-corrected chi connectivity index (χ0v) is 18.4. The quantitative estimate of drug-likeness (QED) is 0.742. The summed E-state index contributed by atoms with van der Waals surface area (Å²) in [4.78, 5) is -0.151. The van der Waals surface area contributed by atoms with Crippen molar-refractivity contribution < 1.29 is 16.8 Å². The molecule has 0 aliphatic carbocycles. The number of nitrogens with one attached hydrogen (secondary N) is 1. The van der Waals surface area contributed by atoms with Gasteiger partial charge >= 0.3 is 0 Å². The summed E-state index contributed by atoms with van der Waals surface area (Å²) in [6, 6.07) is 12.3. The average Bonchev–Trinajstić information content (AvgIpc) is 2.58. The summed E-state index contributed by atoms with van der Waals surface area (Å²) in [5, 5.41) is 5.06. The van der Waals surface area contributed by atoms with Crippen LogP contribution in [0.3, 0.4) is 0 Å². The van der Waals surface area contributed by atoms with E-state index in [9.17, 15) is 16.8 Å². The highest BCUT2D eigenvalue weighted by molar-refractivity contribution is 7.89. The summed E-state index contributed by atoms with van der Waals surface area (Å²) in [5.74, 6) is 0.0129. The zero-order chi connectivity index (χ0) is 21.3. The summed E-state index contributed by atoms with van der Waals surface area (Å²) >= 11 is 0. The first-order chi connectivity index (χ1) is 12.7. The molecule has 6 nitrogen and oxygen atoms in total. The lowest BCUT2D eigenvalue weighted by Gasteiger charge is -2.25. The molecule has 2 aromatic carbocycles. The molecule has 8 heteroatoms. The van der Waals surface area contributed by atoms with Crippen LogP contribution in [0.25, 0.3) is 0 Å². The number of benzene rings is 2. The zero-order valence-electron chi connectivity index (χ0n) is 16.8. The number of sulfonamides is 2. The molecule has 3 N–H and O–H groups in total. The molecule has 0 aromatic heterocycles. The molecule has 2 rings (SSSR count). The molecule has 0 radical (unpaired) electrons. The summed E-state index contributed by atoms with van der Waals surface area (Å²) in [5.41, 5.74) is 2.05. The molecule has 0 saturated heterocycles. The third-order valence-corrected chi connectivity index (χ3v) is 6.93. The van der Waals surface area contributed by atoms with Crippen molar-refractivity contribution in [3.63, 3.8) is 0 Å². The van der Waals surface area contributed by atoms with Crippen molar-refractivity contribution in [2.75, 3.05) is 0 Å². The van der Waals surface area contributed by atoms with Gasteiger partial charge in [0.1, 0.15) is 0 Å². The number of hydrogen-bond acceptors (Lipinski definition) is 4. The van der Waals surface area contributed by atoms with Crippen LogP contribution in [0.4, 0.5) is 0 Å². The van der Waals surface area contributed by atoms with Gasteiger partial charge in [0, 0.05) is 6.04 Å². The summed E-state index contributed by atoms with van der Waals surface area (Å²) < 4.78 is 51.1. The third kappa shape index (κ3) is 5.41. The molecule has 1 atom stereocenters. The monoisotopic (exact) mass is 424 g/mol. The van der Waals surface area contributed by atoms with E-state index in [2.05, 4.69) is 25.5 Å². The van der Waals surface area contributed by atoms with Crippen LogP contribution < -0.4 is 9.86 Å². The van der Waals surface area contributed by atoms with Crippen LogP contribution in [0.15, 0.2) is 58.3 Å². The topological polar surface area (TPSA) is 106 Å². The van der Waals surface area contributed by atoms with Crippen LogP contribution in [0.5, 0.6) is 0 Å². The smallest absolute Gasteiger partial charge is 0.225 e. The first-order valence-corrected chi connectivity index (χ1v) is 12.0. The van der Waals surface area contributed by atoms with Crippen LogP contribution >= 0.6 is 0 Å². The number of nitrogens with two attached hydrogens (primary N) is 1. The molecule has 0 saturated carbocycles. The predicted molar refractivity (Wildman–Crippen MR) is 111 cm³/mol. The maximum Gasteiger partial charge on any atom is 0.241 e. The van der Waals surface area contributed by atoms with E-state index in [0.717, 1.165) is 5.56 Å². The Bertz CT molecular complexity index is 1020. The van der Waals surface area contributed by atoms with E-state index in [-0.39, 0.29) is 21.1 Å². The van der Waals surface area contributed by atoms with Crippen molar-refractivity contribution in [2.45, 2.75) is 55.9 Å². The molecule has 0 aliphatic heterocycles. The Morgan fingerprint density at radius 1 is 0.821 bits per heavy atom. The largest absolute Gasteiger partial charge is 0.241 e. The predicted octanol–water partition coefficient (Wildman–Crippen LogP) is 3.31. The Balaban J connectivity index is 2.33. The van der Waals surface area contributed by atoms with Crippen LogP contribution in [0, 0.1) is 5.92 Å². The highest BCUT2D eigenvalue weighted by Gasteiger charge is 2.25. The van der Waals surface area contributed by atoms with E-state index in [0.29, 0.717) is 0 Å². The van der Waals surface area contributed by atoms with E-state index >= 15 is 0 Å². The molecular formula is C20H28N2O4S2. The molecule has 0 heterocycles. The lowest BCUT2D eigenvalue weighted by molar-refractivity contribution is 0.462. The first-order valence-electron chi connectivity index (χ1n) is 8.97. The molecule has 0 bridgehead atoms. The van der Waals surface area contributed by atoms with E-state index in [4.69, 9.17) is 5.14 Å². The molecule has 0 fully saturated rings. The van der Waals surface area contributed by atoms with Gasteiger partial charge in [0.2, 0.25) is 20.0 Å². The molecule has 28 heavy (non-hydrogen) atoms. The summed E-state index contributed by atoms with van der Waals surface area (Å²) in [6.07, 6.45) is 0. The van der Waals surface area contributed by atoms with E-state index < -0.39 is 26.1 Å². The maximum absolute atomic E-state index is 12.8. The fourth-order valence-corrected chi connectivity index (χ4v) is 4.71. The van der Waals surface area contributed by atoms with Gasteiger partial charge in [-0.15, -0.1) is 0 Å². The van der Waals surface area contributed by atoms with Gasteiger partial charge in [0.25, 0.3) is 0 Å². The normalized spacial score (nSPS) is 14.2. The second-order valence-corrected chi connectivity index (χ2v) is 11.5. The first kappa shape index (κ1) is 22.5. The molecular weight excluding hydrogens is 396 g/mol. The fourth-order valence-electron chi connectivity index (χ4n) is 2.82. The van der Waals surface area contributed by atoms with Gasteiger partial charge in [-0.05, 0) is 46.7 Å². The Morgan fingerprint density at radius 3 is 1.68 bits per heavy atom. The lowest BCUT2D eigenvalue weighted by Crippen LogP contribution is -2.32. The molecule has 1 unspecified atom stereocenters. The minimum absolute atomic E-state index is 0.0104. The third-order valence-electron chi connectivity index (χ3n) is 4.55. The van der Waals surface area contributed by atoms with Gasteiger partial charge in [-0.25, -0.2) is 26.7 Å². The number of rotatable bonds is 6. The Morgan fingerprint density at radius 2 is 1.29 bits per heavy atom. The standard InChI is InChI=1S/C20H28N2O4S2/c1-14(2)19(15-6-8-16(9-7-15)20(3,4)5)22-28(25,26)18-12-10-17(11-13-18)27(21,23)24/h6-14,19,22H,1-5H3,(H2,21,23,24). The van der Waals surface area contributed by atoms with Crippen molar-refractivity contribution in [2.24, 2.45) is 11.1 Å². The number of hydrogen-bond donors (Lipinski definition) is 2. The second kappa shape index (κ2) is 7.94. The summed E-state index contributed by atoms with van der Waals surface area (Å²) in [7, 11) is -7.72. The summed E-state index contributed by atoms with van der Waals surface area (Å²) in [6.45, 7) is 10.2.